The Morgan fingerprint density at radius 2 is 1.69 bits per heavy atom. The SMILES string of the molecule is CC(NC(=O)C(C)(C)Oc1cccc(Cl)c1)C(Cc1ccc(Cl)cc1)c1cccc(F)c1. The minimum absolute atomic E-state index is 0.155. The number of halogens is 3. The molecule has 3 nitrogen and oxygen atoms in total. The summed E-state index contributed by atoms with van der Waals surface area (Å²) in [6.07, 6.45) is 0.609. The molecule has 3 aromatic carbocycles. The summed E-state index contributed by atoms with van der Waals surface area (Å²) in [6.45, 7) is 5.32. The van der Waals surface area contributed by atoms with Crippen molar-refractivity contribution >= 4 is 29.1 Å². The monoisotopic (exact) mass is 473 g/mol. The van der Waals surface area contributed by atoms with Gasteiger partial charge < -0.3 is 10.1 Å². The number of carbonyl (C=O) groups is 1. The van der Waals surface area contributed by atoms with Crippen LogP contribution in [0.15, 0.2) is 72.8 Å². The molecule has 2 atom stereocenters. The molecule has 0 saturated carbocycles. The second-order valence-corrected chi connectivity index (χ2v) is 9.20. The molecular weight excluding hydrogens is 448 g/mol. The van der Waals surface area contributed by atoms with Crippen LogP contribution >= 0.6 is 23.2 Å². The molecule has 0 aliphatic carbocycles. The van der Waals surface area contributed by atoms with E-state index in [9.17, 15) is 9.18 Å². The fraction of sp³-hybridized carbons (Fsp3) is 0.269. The van der Waals surface area contributed by atoms with Crippen molar-refractivity contribution in [3.8, 4) is 5.75 Å². The van der Waals surface area contributed by atoms with Crippen molar-refractivity contribution in [2.75, 3.05) is 0 Å². The van der Waals surface area contributed by atoms with Gasteiger partial charge in [0.25, 0.3) is 5.91 Å². The van der Waals surface area contributed by atoms with Gasteiger partial charge in [0.05, 0.1) is 0 Å². The number of benzene rings is 3. The van der Waals surface area contributed by atoms with E-state index in [1.165, 1.54) is 12.1 Å². The number of carbonyl (C=O) groups excluding carboxylic acids is 1. The topological polar surface area (TPSA) is 38.3 Å². The molecule has 2 unspecified atom stereocenters. The van der Waals surface area contributed by atoms with E-state index >= 15 is 0 Å². The summed E-state index contributed by atoms with van der Waals surface area (Å²) in [6, 6.07) is 20.6. The van der Waals surface area contributed by atoms with Gasteiger partial charge >= 0.3 is 0 Å². The minimum Gasteiger partial charge on any atom is -0.478 e. The Morgan fingerprint density at radius 3 is 2.34 bits per heavy atom. The summed E-state index contributed by atoms with van der Waals surface area (Å²) in [5, 5.41) is 4.24. The number of hydrogen-bond donors (Lipinski definition) is 1. The first-order valence-electron chi connectivity index (χ1n) is 10.4. The van der Waals surface area contributed by atoms with Crippen LogP contribution < -0.4 is 10.1 Å². The summed E-state index contributed by atoms with van der Waals surface area (Å²) < 4.78 is 19.9. The van der Waals surface area contributed by atoms with Crippen molar-refractivity contribution in [2.24, 2.45) is 0 Å². The van der Waals surface area contributed by atoms with E-state index in [0.717, 1.165) is 11.1 Å². The van der Waals surface area contributed by atoms with Crippen LogP contribution in [0.4, 0.5) is 4.39 Å². The molecule has 3 rings (SSSR count). The molecule has 6 heteroatoms. The third-order valence-corrected chi connectivity index (χ3v) is 5.81. The zero-order valence-electron chi connectivity index (χ0n) is 18.2. The average Bonchev–Trinajstić information content (AvgIpc) is 2.73. The maximum absolute atomic E-state index is 14.0. The third-order valence-electron chi connectivity index (χ3n) is 5.32. The van der Waals surface area contributed by atoms with Gasteiger partial charge in [0.2, 0.25) is 0 Å². The van der Waals surface area contributed by atoms with Crippen molar-refractivity contribution in [2.45, 2.75) is 44.8 Å². The van der Waals surface area contributed by atoms with Crippen LogP contribution in [-0.4, -0.2) is 17.6 Å². The summed E-state index contributed by atoms with van der Waals surface area (Å²) in [4.78, 5) is 13.1. The van der Waals surface area contributed by atoms with Crippen molar-refractivity contribution in [1.82, 2.24) is 5.32 Å². The quantitative estimate of drug-likeness (QED) is 0.389. The van der Waals surface area contributed by atoms with Crippen molar-refractivity contribution in [3.63, 3.8) is 0 Å². The standard InChI is InChI=1S/C26H26Cl2FNO2/c1-17(30-25(31)26(2,3)32-23-9-5-7-21(28)16-23)24(19-6-4-8-22(29)15-19)14-18-10-12-20(27)13-11-18/h4-13,15-17,24H,14H2,1-3H3,(H,30,31). The molecule has 0 aliphatic rings. The normalized spacial score (nSPS) is 13.3. The van der Waals surface area contributed by atoms with Crippen LogP contribution in [-0.2, 0) is 11.2 Å². The minimum atomic E-state index is -1.13. The number of nitrogens with one attached hydrogen (secondary N) is 1. The second-order valence-electron chi connectivity index (χ2n) is 8.32. The Bertz CT molecular complexity index is 1070. The first kappa shape index (κ1) is 24.1. The van der Waals surface area contributed by atoms with Crippen LogP contribution in [0.1, 0.15) is 37.8 Å². The van der Waals surface area contributed by atoms with Gasteiger partial charge in [0, 0.05) is 22.0 Å². The van der Waals surface area contributed by atoms with Gasteiger partial charge in [-0.15, -0.1) is 0 Å². The zero-order chi connectivity index (χ0) is 23.3. The van der Waals surface area contributed by atoms with E-state index < -0.39 is 5.60 Å². The van der Waals surface area contributed by atoms with Crippen LogP contribution in [0.3, 0.4) is 0 Å². The van der Waals surface area contributed by atoms with Gasteiger partial charge in [-0.05, 0) is 80.8 Å². The lowest BCUT2D eigenvalue weighted by molar-refractivity contribution is -0.135. The predicted molar refractivity (Wildman–Crippen MR) is 128 cm³/mol. The van der Waals surface area contributed by atoms with Crippen LogP contribution in [0.5, 0.6) is 5.75 Å². The van der Waals surface area contributed by atoms with Gasteiger partial charge in [-0.2, -0.15) is 0 Å². The molecule has 1 N–H and O–H groups in total. The van der Waals surface area contributed by atoms with E-state index in [-0.39, 0.29) is 23.7 Å². The van der Waals surface area contributed by atoms with Crippen molar-refractivity contribution in [3.05, 3.63) is 99.8 Å². The lowest BCUT2D eigenvalue weighted by Gasteiger charge is -2.31. The molecule has 32 heavy (non-hydrogen) atoms. The maximum Gasteiger partial charge on any atom is 0.263 e. The average molecular weight is 474 g/mol. The first-order valence-corrected chi connectivity index (χ1v) is 11.1. The highest BCUT2D eigenvalue weighted by Gasteiger charge is 2.33. The lowest BCUT2D eigenvalue weighted by Crippen LogP contribution is -2.51. The van der Waals surface area contributed by atoms with Crippen LogP contribution in [0.25, 0.3) is 0 Å². The van der Waals surface area contributed by atoms with Gasteiger partial charge in [0.1, 0.15) is 11.6 Å². The number of amides is 1. The first-order chi connectivity index (χ1) is 15.1. The van der Waals surface area contributed by atoms with Crippen LogP contribution in [0, 0.1) is 5.82 Å². The molecular formula is C26H26Cl2FNO2. The van der Waals surface area contributed by atoms with E-state index in [2.05, 4.69) is 5.32 Å². The number of hydrogen-bond acceptors (Lipinski definition) is 2. The smallest absolute Gasteiger partial charge is 0.263 e. The number of ether oxygens (including phenoxy) is 1. The van der Waals surface area contributed by atoms with E-state index in [4.69, 9.17) is 27.9 Å². The highest BCUT2D eigenvalue weighted by molar-refractivity contribution is 6.30. The molecule has 0 radical (unpaired) electrons. The van der Waals surface area contributed by atoms with Crippen molar-refractivity contribution < 1.29 is 13.9 Å². The Hall–Kier alpha value is -2.56. The molecule has 0 heterocycles. The fourth-order valence-corrected chi connectivity index (χ4v) is 3.85. The Labute approximate surface area is 198 Å². The maximum atomic E-state index is 14.0. The highest BCUT2D eigenvalue weighted by atomic mass is 35.5. The lowest BCUT2D eigenvalue weighted by atomic mass is 9.86. The second kappa shape index (κ2) is 10.4. The van der Waals surface area contributed by atoms with Gasteiger partial charge in [-0.25, -0.2) is 4.39 Å². The summed E-state index contributed by atoms with van der Waals surface area (Å²) in [7, 11) is 0. The van der Waals surface area contributed by atoms with E-state index in [1.54, 1.807) is 44.2 Å². The van der Waals surface area contributed by atoms with E-state index in [0.29, 0.717) is 22.2 Å². The molecule has 0 spiro atoms. The van der Waals surface area contributed by atoms with Gasteiger partial charge in [-0.3, -0.25) is 4.79 Å². The zero-order valence-corrected chi connectivity index (χ0v) is 19.8. The molecule has 168 valence electrons. The molecule has 0 aliphatic heterocycles. The highest BCUT2D eigenvalue weighted by Crippen LogP contribution is 2.27. The summed E-state index contributed by atoms with van der Waals surface area (Å²) in [5.74, 6) is -0.236. The Morgan fingerprint density at radius 1 is 1.00 bits per heavy atom. The largest absolute Gasteiger partial charge is 0.478 e. The molecule has 0 aromatic heterocycles. The van der Waals surface area contributed by atoms with E-state index in [1.807, 2.05) is 37.3 Å². The molecule has 1 amide bonds. The fourth-order valence-electron chi connectivity index (χ4n) is 3.55. The summed E-state index contributed by atoms with van der Waals surface area (Å²) in [5.41, 5.74) is 0.714. The Kier molecular flexibility index (Phi) is 7.81. The van der Waals surface area contributed by atoms with Gasteiger partial charge in [-0.1, -0.05) is 53.5 Å². The molecule has 0 saturated heterocycles. The third kappa shape index (κ3) is 6.47. The Balaban J connectivity index is 1.79. The molecule has 3 aromatic rings. The number of rotatable bonds is 8. The summed E-state index contributed by atoms with van der Waals surface area (Å²) >= 11 is 12.0. The molecule has 0 fully saturated rings. The molecule has 0 bridgehead atoms. The van der Waals surface area contributed by atoms with Crippen molar-refractivity contribution in [1.29, 1.82) is 0 Å². The van der Waals surface area contributed by atoms with Crippen LogP contribution in [0.2, 0.25) is 10.0 Å². The predicted octanol–water partition coefficient (Wildman–Crippen LogP) is 6.82. The van der Waals surface area contributed by atoms with Gasteiger partial charge in [0.15, 0.2) is 5.60 Å².